The topological polar surface area (TPSA) is 73.3 Å². The number of nitrogens with one attached hydrogen (secondary N) is 1. The number of hydrogen-bond donors (Lipinski definition) is 1. The molecule has 0 aliphatic carbocycles. The van der Waals surface area contributed by atoms with E-state index in [9.17, 15) is 4.79 Å². The van der Waals surface area contributed by atoms with Crippen LogP contribution in [0.25, 0.3) is 12.2 Å². The second kappa shape index (κ2) is 10.7. The van der Waals surface area contributed by atoms with Crippen molar-refractivity contribution in [2.45, 2.75) is 13.0 Å². The number of halogens is 1. The molecule has 3 aromatic rings. The summed E-state index contributed by atoms with van der Waals surface area (Å²) >= 11 is 3.43. The number of amides is 1. The van der Waals surface area contributed by atoms with Crippen molar-refractivity contribution in [3.8, 4) is 5.75 Å². The molecule has 30 heavy (non-hydrogen) atoms. The summed E-state index contributed by atoms with van der Waals surface area (Å²) in [5.41, 5.74) is 2.34. The van der Waals surface area contributed by atoms with Crippen molar-refractivity contribution < 1.29 is 14.3 Å². The minimum Gasteiger partial charge on any atom is -0.488 e. The average molecular weight is 468 g/mol. The number of ether oxygens (including phenoxy) is 2. The second-order valence-corrected chi connectivity index (χ2v) is 7.52. The van der Waals surface area contributed by atoms with Crippen LogP contribution in [0.5, 0.6) is 5.75 Å². The smallest absolute Gasteiger partial charge is 0.257 e. The molecule has 0 saturated carbocycles. The number of carbonyl (C=O) groups is 1. The van der Waals surface area contributed by atoms with Crippen molar-refractivity contribution in [1.29, 1.82) is 0 Å². The van der Waals surface area contributed by atoms with E-state index in [2.05, 4.69) is 31.2 Å². The zero-order valence-electron chi connectivity index (χ0n) is 16.7. The molecule has 0 bridgehead atoms. The van der Waals surface area contributed by atoms with E-state index in [1.54, 1.807) is 25.4 Å². The number of nitrogens with zero attached hydrogens (tertiary/aromatic N) is 2. The lowest BCUT2D eigenvalue weighted by atomic mass is 10.1. The summed E-state index contributed by atoms with van der Waals surface area (Å²) in [4.78, 5) is 20.8. The highest BCUT2D eigenvalue weighted by molar-refractivity contribution is 9.10. The fourth-order valence-corrected chi connectivity index (χ4v) is 3.00. The number of carbonyl (C=O) groups excluding carboxylic acids is 1. The van der Waals surface area contributed by atoms with Crippen LogP contribution in [-0.2, 0) is 4.74 Å². The van der Waals surface area contributed by atoms with Gasteiger partial charge in [-0.3, -0.25) is 9.78 Å². The molecule has 6 nitrogen and oxygen atoms in total. The number of hydrogen-bond acceptors (Lipinski definition) is 5. The molecule has 0 radical (unpaired) electrons. The van der Waals surface area contributed by atoms with Crippen LogP contribution in [0.1, 0.15) is 28.4 Å². The Bertz CT molecular complexity index is 1010. The van der Waals surface area contributed by atoms with Gasteiger partial charge in [-0.05, 0) is 48.4 Å². The quantitative estimate of drug-likeness (QED) is 0.467. The predicted octanol–water partition coefficient (Wildman–Crippen LogP) is 5.08. The van der Waals surface area contributed by atoms with Gasteiger partial charge in [-0.1, -0.05) is 40.2 Å². The Hall–Kier alpha value is -3.03. The molecule has 0 aliphatic heterocycles. The lowest BCUT2D eigenvalue weighted by Crippen LogP contribution is -2.19. The van der Waals surface area contributed by atoms with Crippen molar-refractivity contribution >= 4 is 39.8 Å². The maximum atomic E-state index is 12.8. The molecule has 1 aromatic heterocycles. The zero-order valence-corrected chi connectivity index (χ0v) is 18.3. The normalized spacial score (nSPS) is 12.0. The Morgan fingerprint density at radius 2 is 1.90 bits per heavy atom. The Labute approximate surface area is 184 Å². The standard InChI is InChI=1S/C23H22BrN3O3/c1-16(15-29-2)30-21-12-18(4-3-17-5-7-20(24)8-6-17)11-19(13-21)23(28)27-22-14-25-9-10-26-22/h3-14,16H,15H2,1-2H3,(H,26,27,28)/t16-/m0/s1. The van der Waals surface area contributed by atoms with Gasteiger partial charge in [0.05, 0.1) is 12.8 Å². The van der Waals surface area contributed by atoms with E-state index >= 15 is 0 Å². The van der Waals surface area contributed by atoms with Gasteiger partial charge in [0.25, 0.3) is 5.91 Å². The first kappa shape index (κ1) is 21.7. The maximum absolute atomic E-state index is 12.8. The molecule has 1 amide bonds. The third-order valence-electron chi connectivity index (χ3n) is 4.07. The predicted molar refractivity (Wildman–Crippen MR) is 121 cm³/mol. The van der Waals surface area contributed by atoms with Crippen molar-refractivity contribution in [1.82, 2.24) is 9.97 Å². The van der Waals surface area contributed by atoms with Gasteiger partial charge in [0.2, 0.25) is 0 Å². The molecule has 1 atom stereocenters. The number of rotatable bonds is 8. The van der Waals surface area contributed by atoms with Crippen molar-refractivity contribution in [2.24, 2.45) is 0 Å². The molecule has 3 rings (SSSR count). The van der Waals surface area contributed by atoms with Gasteiger partial charge in [0.1, 0.15) is 11.9 Å². The first-order valence-corrected chi connectivity index (χ1v) is 10.1. The lowest BCUT2D eigenvalue weighted by Gasteiger charge is -2.15. The van der Waals surface area contributed by atoms with Crippen molar-refractivity contribution in [3.63, 3.8) is 0 Å². The van der Waals surface area contributed by atoms with Gasteiger partial charge < -0.3 is 14.8 Å². The highest BCUT2D eigenvalue weighted by atomic mass is 79.9. The summed E-state index contributed by atoms with van der Waals surface area (Å²) in [6.45, 7) is 2.35. The van der Waals surface area contributed by atoms with Crippen LogP contribution in [0.3, 0.4) is 0 Å². The van der Waals surface area contributed by atoms with E-state index in [4.69, 9.17) is 9.47 Å². The minimum absolute atomic E-state index is 0.156. The molecule has 0 saturated heterocycles. The number of benzene rings is 2. The van der Waals surface area contributed by atoms with Crippen molar-refractivity contribution in [3.05, 3.63) is 82.2 Å². The Balaban J connectivity index is 1.87. The summed E-state index contributed by atoms with van der Waals surface area (Å²) < 4.78 is 12.1. The molecule has 1 heterocycles. The van der Waals surface area contributed by atoms with E-state index in [1.807, 2.05) is 49.4 Å². The third kappa shape index (κ3) is 6.50. The number of aromatic nitrogens is 2. The minimum atomic E-state index is -0.293. The molecule has 154 valence electrons. The van der Waals surface area contributed by atoms with Crippen LogP contribution < -0.4 is 10.1 Å². The molecule has 0 unspecified atom stereocenters. The summed E-state index contributed by atoms with van der Waals surface area (Å²) in [6, 6.07) is 13.4. The molecular weight excluding hydrogens is 446 g/mol. The van der Waals surface area contributed by atoms with Gasteiger partial charge in [0, 0.05) is 29.5 Å². The van der Waals surface area contributed by atoms with Gasteiger partial charge in [-0.2, -0.15) is 0 Å². The number of anilines is 1. The van der Waals surface area contributed by atoms with Crippen LogP contribution in [0, 0.1) is 0 Å². The van der Waals surface area contributed by atoms with Gasteiger partial charge in [-0.15, -0.1) is 0 Å². The molecule has 0 aliphatic rings. The molecule has 2 aromatic carbocycles. The van der Waals surface area contributed by atoms with Gasteiger partial charge in [0.15, 0.2) is 5.82 Å². The van der Waals surface area contributed by atoms with Crippen LogP contribution >= 0.6 is 15.9 Å². The van der Waals surface area contributed by atoms with Crippen LogP contribution in [0.4, 0.5) is 5.82 Å². The largest absolute Gasteiger partial charge is 0.488 e. The fourth-order valence-electron chi connectivity index (χ4n) is 2.74. The van der Waals surface area contributed by atoms with E-state index in [-0.39, 0.29) is 12.0 Å². The molecule has 1 N–H and O–H groups in total. The van der Waals surface area contributed by atoms with Crippen LogP contribution in [0.2, 0.25) is 0 Å². The van der Waals surface area contributed by atoms with Gasteiger partial charge in [-0.25, -0.2) is 4.98 Å². The van der Waals surface area contributed by atoms with E-state index in [0.717, 1.165) is 15.6 Å². The SMILES string of the molecule is COC[C@H](C)Oc1cc(C=Cc2ccc(Br)cc2)cc(C(=O)Nc2cnccn2)c1. The third-order valence-corrected chi connectivity index (χ3v) is 4.60. The summed E-state index contributed by atoms with van der Waals surface area (Å²) in [6.07, 6.45) is 8.33. The summed E-state index contributed by atoms with van der Waals surface area (Å²) in [5.74, 6) is 0.675. The molecule has 7 heteroatoms. The maximum Gasteiger partial charge on any atom is 0.257 e. The van der Waals surface area contributed by atoms with Crippen molar-refractivity contribution in [2.75, 3.05) is 19.0 Å². The average Bonchev–Trinajstić information content (AvgIpc) is 2.74. The van der Waals surface area contributed by atoms with Gasteiger partial charge >= 0.3 is 0 Å². The highest BCUT2D eigenvalue weighted by Gasteiger charge is 2.12. The first-order valence-electron chi connectivity index (χ1n) is 9.35. The Kier molecular flexibility index (Phi) is 7.70. The highest BCUT2D eigenvalue weighted by Crippen LogP contribution is 2.22. The lowest BCUT2D eigenvalue weighted by molar-refractivity contribution is 0.0917. The number of methoxy groups -OCH3 is 1. The van der Waals surface area contributed by atoms with E-state index in [1.165, 1.54) is 12.4 Å². The van der Waals surface area contributed by atoms with E-state index in [0.29, 0.717) is 23.7 Å². The molecular formula is C23H22BrN3O3. The second-order valence-electron chi connectivity index (χ2n) is 6.60. The van der Waals surface area contributed by atoms with E-state index < -0.39 is 0 Å². The monoisotopic (exact) mass is 467 g/mol. The van der Waals surface area contributed by atoms with Crippen LogP contribution in [-0.4, -0.2) is 35.7 Å². The molecule has 0 spiro atoms. The summed E-state index contributed by atoms with van der Waals surface area (Å²) in [7, 11) is 1.62. The fraction of sp³-hybridized carbons (Fsp3) is 0.174. The van der Waals surface area contributed by atoms with Crippen LogP contribution in [0.15, 0.2) is 65.5 Å². The first-order chi connectivity index (χ1) is 14.5. The Morgan fingerprint density at radius 1 is 1.13 bits per heavy atom. The molecule has 0 fully saturated rings. The Morgan fingerprint density at radius 3 is 2.60 bits per heavy atom. The summed E-state index contributed by atoms with van der Waals surface area (Å²) in [5, 5.41) is 2.75. The zero-order chi connectivity index (χ0) is 21.3.